The SMILES string of the molecule is Cc1ccc(CNC2CC2)cc1Oc1cccc(C)c1C. The van der Waals surface area contributed by atoms with E-state index >= 15 is 0 Å². The van der Waals surface area contributed by atoms with Crippen molar-refractivity contribution in [2.45, 2.75) is 46.2 Å². The van der Waals surface area contributed by atoms with E-state index in [0.29, 0.717) is 0 Å². The van der Waals surface area contributed by atoms with Crippen molar-refractivity contribution in [3.05, 3.63) is 58.7 Å². The summed E-state index contributed by atoms with van der Waals surface area (Å²) in [5, 5.41) is 3.55. The molecule has 0 aromatic heterocycles. The van der Waals surface area contributed by atoms with E-state index in [-0.39, 0.29) is 0 Å². The van der Waals surface area contributed by atoms with Gasteiger partial charge in [-0.2, -0.15) is 0 Å². The van der Waals surface area contributed by atoms with Crippen LogP contribution in [0, 0.1) is 20.8 Å². The van der Waals surface area contributed by atoms with Crippen molar-refractivity contribution in [3.8, 4) is 11.5 Å². The number of aryl methyl sites for hydroxylation is 2. The Morgan fingerprint density at radius 2 is 1.81 bits per heavy atom. The molecule has 2 nitrogen and oxygen atoms in total. The molecule has 110 valence electrons. The van der Waals surface area contributed by atoms with Gasteiger partial charge in [0.25, 0.3) is 0 Å². The van der Waals surface area contributed by atoms with Gasteiger partial charge in [0.15, 0.2) is 0 Å². The van der Waals surface area contributed by atoms with Gasteiger partial charge in [-0.25, -0.2) is 0 Å². The van der Waals surface area contributed by atoms with Crippen molar-refractivity contribution >= 4 is 0 Å². The van der Waals surface area contributed by atoms with Crippen molar-refractivity contribution in [1.29, 1.82) is 0 Å². The molecule has 0 amide bonds. The second-order valence-corrected chi connectivity index (χ2v) is 6.06. The van der Waals surface area contributed by atoms with Crippen LogP contribution in [0.3, 0.4) is 0 Å². The highest BCUT2D eigenvalue weighted by Gasteiger charge is 2.20. The van der Waals surface area contributed by atoms with Crippen LogP contribution in [0.25, 0.3) is 0 Å². The Labute approximate surface area is 127 Å². The molecule has 0 spiro atoms. The van der Waals surface area contributed by atoms with Gasteiger partial charge in [-0.15, -0.1) is 0 Å². The van der Waals surface area contributed by atoms with Crippen molar-refractivity contribution in [3.63, 3.8) is 0 Å². The molecule has 0 heterocycles. The standard InChI is InChI=1S/C19H23NO/c1-13-5-4-6-18(15(13)3)21-19-11-16(8-7-14(19)2)12-20-17-9-10-17/h4-8,11,17,20H,9-10,12H2,1-3H3. The largest absolute Gasteiger partial charge is 0.457 e. The fraction of sp³-hybridized carbons (Fsp3) is 0.368. The van der Waals surface area contributed by atoms with Crippen LogP contribution >= 0.6 is 0 Å². The minimum Gasteiger partial charge on any atom is -0.457 e. The average Bonchev–Trinajstić information content (AvgIpc) is 3.29. The minimum atomic E-state index is 0.731. The van der Waals surface area contributed by atoms with Crippen LogP contribution in [-0.4, -0.2) is 6.04 Å². The maximum absolute atomic E-state index is 6.16. The summed E-state index contributed by atoms with van der Waals surface area (Å²) in [6, 6.07) is 13.4. The lowest BCUT2D eigenvalue weighted by atomic mass is 10.1. The first-order chi connectivity index (χ1) is 10.1. The molecule has 0 unspecified atom stereocenters. The first-order valence-corrected chi connectivity index (χ1v) is 7.70. The highest BCUT2D eigenvalue weighted by molar-refractivity contribution is 5.44. The highest BCUT2D eigenvalue weighted by atomic mass is 16.5. The molecule has 1 saturated carbocycles. The van der Waals surface area contributed by atoms with E-state index in [2.05, 4.69) is 50.4 Å². The summed E-state index contributed by atoms with van der Waals surface area (Å²) in [7, 11) is 0. The van der Waals surface area contributed by atoms with E-state index in [4.69, 9.17) is 4.74 Å². The Morgan fingerprint density at radius 3 is 2.57 bits per heavy atom. The molecule has 2 aromatic carbocycles. The summed E-state index contributed by atoms with van der Waals surface area (Å²) in [6.07, 6.45) is 2.63. The van der Waals surface area contributed by atoms with Crippen LogP contribution in [-0.2, 0) is 6.54 Å². The van der Waals surface area contributed by atoms with E-state index in [9.17, 15) is 0 Å². The lowest BCUT2D eigenvalue weighted by molar-refractivity contribution is 0.473. The summed E-state index contributed by atoms with van der Waals surface area (Å²) in [6.45, 7) is 7.25. The van der Waals surface area contributed by atoms with Crippen LogP contribution in [0.4, 0.5) is 0 Å². The monoisotopic (exact) mass is 281 g/mol. The average molecular weight is 281 g/mol. The molecule has 0 saturated heterocycles. The van der Waals surface area contributed by atoms with Gasteiger partial charge in [0.05, 0.1) is 0 Å². The number of ether oxygens (including phenoxy) is 1. The Balaban J connectivity index is 1.79. The second kappa shape index (κ2) is 5.90. The molecule has 0 radical (unpaired) electrons. The molecule has 1 fully saturated rings. The number of rotatable bonds is 5. The Kier molecular flexibility index (Phi) is 3.98. The maximum Gasteiger partial charge on any atom is 0.130 e. The van der Waals surface area contributed by atoms with Crippen LogP contribution in [0.1, 0.15) is 35.1 Å². The van der Waals surface area contributed by atoms with Crippen LogP contribution in [0.5, 0.6) is 11.5 Å². The van der Waals surface area contributed by atoms with Gasteiger partial charge in [-0.05, 0) is 68.0 Å². The van der Waals surface area contributed by atoms with E-state index in [1.54, 1.807) is 0 Å². The molecule has 1 aliphatic rings. The van der Waals surface area contributed by atoms with E-state index in [1.165, 1.54) is 35.1 Å². The summed E-state index contributed by atoms with van der Waals surface area (Å²) in [4.78, 5) is 0. The number of hydrogen-bond donors (Lipinski definition) is 1. The first-order valence-electron chi connectivity index (χ1n) is 7.70. The molecule has 2 heteroatoms. The molecule has 0 bridgehead atoms. The molecular formula is C19H23NO. The van der Waals surface area contributed by atoms with Crippen molar-refractivity contribution < 1.29 is 4.74 Å². The highest BCUT2D eigenvalue weighted by Crippen LogP contribution is 2.30. The van der Waals surface area contributed by atoms with Crippen molar-refractivity contribution in [2.24, 2.45) is 0 Å². The predicted molar refractivity (Wildman–Crippen MR) is 87.0 cm³/mol. The summed E-state index contributed by atoms with van der Waals surface area (Å²) in [5.74, 6) is 1.91. The van der Waals surface area contributed by atoms with Gasteiger partial charge in [0, 0.05) is 12.6 Å². The lowest BCUT2D eigenvalue weighted by Crippen LogP contribution is -2.15. The molecule has 1 N–H and O–H groups in total. The molecule has 0 atom stereocenters. The Bertz CT molecular complexity index is 644. The molecule has 2 aromatic rings. The van der Waals surface area contributed by atoms with E-state index < -0.39 is 0 Å². The third-order valence-corrected chi connectivity index (χ3v) is 4.20. The van der Waals surface area contributed by atoms with Crippen LogP contribution < -0.4 is 10.1 Å². The summed E-state index contributed by atoms with van der Waals surface area (Å²) in [5.41, 5.74) is 4.93. The van der Waals surface area contributed by atoms with Gasteiger partial charge in [-0.1, -0.05) is 24.3 Å². The lowest BCUT2D eigenvalue weighted by Gasteiger charge is -2.14. The zero-order valence-electron chi connectivity index (χ0n) is 13.1. The second-order valence-electron chi connectivity index (χ2n) is 6.06. The van der Waals surface area contributed by atoms with Gasteiger partial charge >= 0.3 is 0 Å². The van der Waals surface area contributed by atoms with Gasteiger partial charge < -0.3 is 10.1 Å². The zero-order chi connectivity index (χ0) is 14.8. The first kappa shape index (κ1) is 14.2. The number of benzene rings is 2. The molecule has 1 aliphatic carbocycles. The summed E-state index contributed by atoms with van der Waals surface area (Å²) >= 11 is 0. The third-order valence-electron chi connectivity index (χ3n) is 4.20. The predicted octanol–water partition coefficient (Wildman–Crippen LogP) is 4.66. The normalized spacial score (nSPS) is 14.2. The van der Waals surface area contributed by atoms with Gasteiger partial charge in [0.2, 0.25) is 0 Å². The van der Waals surface area contributed by atoms with Crippen molar-refractivity contribution in [2.75, 3.05) is 0 Å². The van der Waals surface area contributed by atoms with Crippen LogP contribution in [0.15, 0.2) is 36.4 Å². The number of nitrogens with one attached hydrogen (secondary N) is 1. The van der Waals surface area contributed by atoms with Crippen LogP contribution in [0.2, 0.25) is 0 Å². The maximum atomic E-state index is 6.16. The fourth-order valence-electron chi connectivity index (χ4n) is 2.37. The number of hydrogen-bond acceptors (Lipinski definition) is 2. The van der Waals surface area contributed by atoms with Gasteiger partial charge in [0.1, 0.15) is 11.5 Å². The zero-order valence-corrected chi connectivity index (χ0v) is 13.1. The Hall–Kier alpha value is -1.80. The topological polar surface area (TPSA) is 21.3 Å². The molecule has 3 rings (SSSR count). The molecule has 0 aliphatic heterocycles. The Morgan fingerprint density at radius 1 is 1.00 bits per heavy atom. The van der Waals surface area contributed by atoms with Gasteiger partial charge in [-0.3, -0.25) is 0 Å². The minimum absolute atomic E-state index is 0.731. The molecular weight excluding hydrogens is 258 g/mol. The fourth-order valence-corrected chi connectivity index (χ4v) is 2.37. The smallest absolute Gasteiger partial charge is 0.130 e. The van der Waals surface area contributed by atoms with Crippen molar-refractivity contribution in [1.82, 2.24) is 5.32 Å². The quantitative estimate of drug-likeness (QED) is 0.861. The summed E-state index contributed by atoms with van der Waals surface area (Å²) < 4.78 is 6.16. The third kappa shape index (κ3) is 3.45. The van der Waals surface area contributed by atoms with E-state index in [0.717, 1.165) is 24.1 Å². The molecule has 21 heavy (non-hydrogen) atoms. The van der Waals surface area contributed by atoms with E-state index in [1.807, 2.05) is 12.1 Å².